The van der Waals surface area contributed by atoms with Crippen LogP contribution in [0.2, 0.25) is 0 Å². The van der Waals surface area contributed by atoms with Crippen LogP contribution in [0.1, 0.15) is 18.1 Å². The average Bonchev–Trinajstić information content (AvgIpc) is 2.64. The Balaban J connectivity index is 1.80. The first kappa shape index (κ1) is 20.0. The van der Waals surface area contributed by atoms with Crippen LogP contribution in [0.3, 0.4) is 0 Å². The van der Waals surface area contributed by atoms with Crippen LogP contribution in [-0.2, 0) is 14.4 Å². The lowest BCUT2D eigenvalue weighted by molar-refractivity contribution is -0.136. The molecule has 7 heteroatoms. The Bertz CT molecular complexity index is 832. The summed E-state index contributed by atoms with van der Waals surface area (Å²) in [5, 5.41) is 7.43. The summed E-state index contributed by atoms with van der Waals surface area (Å²) < 4.78 is 5.30. The van der Waals surface area contributed by atoms with E-state index in [1.165, 1.54) is 0 Å². The van der Waals surface area contributed by atoms with Crippen molar-refractivity contribution in [3.8, 4) is 5.75 Å². The van der Waals surface area contributed by atoms with E-state index in [4.69, 9.17) is 4.74 Å². The largest absolute Gasteiger partial charge is 0.494 e. The molecule has 0 aliphatic rings. The van der Waals surface area contributed by atoms with Crippen molar-refractivity contribution in [3.05, 3.63) is 53.6 Å². The lowest BCUT2D eigenvalue weighted by Crippen LogP contribution is -2.39. The van der Waals surface area contributed by atoms with E-state index in [-0.39, 0.29) is 6.54 Å². The van der Waals surface area contributed by atoms with E-state index < -0.39 is 17.7 Å². The third-order valence-corrected chi connectivity index (χ3v) is 3.83. The Morgan fingerprint density at radius 3 is 2.15 bits per heavy atom. The fraction of sp³-hybridized carbons (Fsp3) is 0.250. The van der Waals surface area contributed by atoms with Gasteiger partial charge in [-0.15, -0.1) is 0 Å². The minimum atomic E-state index is -0.890. The van der Waals surface area contributed by atoms with Crippen LogP contribution in [0, 0.1) is 13.8 Å². The van der Waals surface area contributed by atoms with Crippen LogP contribution in [0.15, 0.2) is 42.5 Å². The van der Waals surface area contributed by atoms with Gasteiger partial charge in [-0.3, -0.25) is 14.4 Å². The second-order valence-electron chi connectivity index (χ2n) is 5.94. The van der Waals surface area contributed by atoms with E-state index in [2.05, 4.69) is 16.0 Å². The second-order valence-corrected chi connectivity index (χ2v) is 5.94. The molecular weight excluding hydrogens is 346 g/mol. The summed E-state index contributed by atoms with van der Waals surface area (Å²) in [6, 6.07) is 12.1. The van der Waals surface area contributed by atoms with Gasteiger partial charge in [0.05, 0.1) is 13.2 Å². The van der Waals surface area contributed by atoms with Gasteiger partial charge in [-0.2, -0.15) is 0 Å². The lowest BCUT2D eigenvalue weighted by atomic mass is 10.1. The van der Waals surface area contributed by atoms with Gasteiger partial charge in [-0.1, -0.05) is 6.07 Å². The van der Waals surface area contributed by atoms with Crippen molar-refractivity contribution in [2.75, 3.05) is 23.8 Å². The number of benzene rings is 2. The van der Waals surface area contributed by atoms with E-state index in [0.29, 0.717) is 23.7 Å². The number of aryl methyl sites for hydroxylation is 2. The van der Waals surface area contributed by atoms with Crippen LogP contribution in [0.5, 0.6) is 5.75 Å². The van der Waals surface area contributed by atoms with Gasteiger partial charge in [0.1, 0.15) is 5.75 Å². The predicted molar refractivity (Wildman–Crippen MR) is 104 cm³/mol. The molecule has 0 aliphatic carbocycles. The number of amides is 3. The fourth-order valence-corrected chi connectivity index (χ4v) is 2.25. The quantitative estimate of drug-likeness (QED) is 0.681. The number of carbonyl (C=O) groups is 3. The third kappa shape index (κ3) is 6.14. The van der Waals surface area contributed by atoms with E-state index in [9.17, 15) is 14.4 Å². The molecule has 7 nitrogen and oxygen atoms in total. The molecule has 0 radical (unpaired) electrons. The first-order valence-electron chi connectivity index (χ1n) is 8.58. The molecule has 2 aromatic carbocycles. The normalized spacial score (nSPS) is 10.0. The molecule has 27 heavy (non-hydrogen) atoms. The monoisotopic (exact) mass is 369 g/mol. The molecule has 3 N–H and O–H groups in total. The Morgan fingerprint density at radius 1 is 0.852 bits per heavy atom. The van der Waals surface area contributed by atoms with Crippen LogP contribution >= 0.6 is 0 Å². The molecule has 2 rings (SSSR count). The molecule has 0 aromatic heterocycles. The summed E-state index contributed by atoms with van der Waals surface area (Å²) in [5.41, 5.74) is 3.26. The molecule has 0 spiro atoms. The number of hydrogen-bond donors (Lipinski definition) is 3. The Hall–Kier alpha value is -3.35. The molecule has 0 aliphatic heterocycles. The maximum atomic E-state index is 11.9. The van der Waals surface area contributed by atoms with Crippen molar-refractivity contribution < 1.29 is 19.1 Å². The van der Waals surface area contributed by atoms with Gasteiger partial charge in [-0.05, 0) is 68.3 Å². The smallest absolute Gasteiger partial charge is 0.313 e. The molecule has 0 fully saturated rings. The summed E-state index contributed by atoms with van der Waals surface area (Å²) in [7, 11) is 0. The van der Waals surface area contributed by atoms with Gasteiger partial charge in [0, 0.05) is 11.4 Å². The first-order valence-corrected chi connectivity index (χ1v) is 8.58. The van der Waals surface area contributed by atoms with Gasteiger partial charge >= 0.3 is 11.8 Å². The van der Waals surface area contributed by atoms with Crippen LogP contribution in [-0.4, -0.2) is 30.9 Å². The summed E-state index contributed by atoms with van der Waals surface area (Å²) in [6.07, 6.45) is 0. The van der Waals surface area contributed by atoms with Gasteiger partial charge in [-0.25, -0.2) is 0 Å². The highest BCUT2D eigenvalue weighted by molar-refractivity contribution is 6.39. The zero-order valence-electron chi connectivity index (χ0n) is 15.6. The molecule has 0 unspecified atom stereocenters. The molecule has 2 aromatic rings. The van der Waals surface area contributed by atoms with Crippen molar-refractivity contribution >= 4 is 29.1 Å². The van der Waals surface area contributed by atoms with Crippen molar-refractivity contribution in [3.63, 3.8) is 0 Å². The lowest BCUT2D eigenvalue weighted by Gasteiger charge is -2.09. The maximum absolute atomic E-state index is 11.9. The average molecular weight is 369 g/mol. The summed E-state index contributed by atoms with van der Waals surface area (Å²) in [5.74, 6) is -1.49. The number of hydrogen-bond acceptors (Lipinski definition) is 4. The first-order chi connectivity index (χ1) is 12.9. The standard InChI is InChI=1S/C20H23N3O4/c1-4-27-17-9-7-15(8-10-17)23-20(26)19(25)21-12-18(24)22-16-6-5-13(2)14(3)11-16/h5-11H,4,12H2,1-3H3,(H,21,25)(H,22,24)(H,23,26). The number of ether oxygens (including phenoxy) is 1. The van der Waals surface area contributed by atoms with Crippen molar-refractivity contribution in [2.24, 2.45) is 0 Å². The summed E-state index contributed by atoms with van der Waals surface area (Å²) in [6.45, 7) is 6.03. The zero-order chi connectivity index (χ0) is 19.8. The summed E-state index contributed by atoms with van der Waals surface area (Å²) in [4.78, 5) is 35.7. The number of anilines is 2. The number of rotatable bonds is 6. The second kappa shape index (κ2) is 9.38. The van der Waals surface area contributed by atoms with Crippen LogP contribution in [0.25, 0.3) is 0 Å². The zero-order valence-corrected chi connectivity index (χ0v) is 15.6. The Kier molecular flexibility index (Phi) is 6.93. The third-order valence-electron chi connectivity index (χ3n) is 3.83. The predicted octanol–water partition coefficient (Wildman–Crippen LogP) is 2.40. The van der Waals surface area contributed by atoms with Gasteiger partial charge in [0.25, 0.3) is 0 Å². The molecule has 0 saturated heterocycles. The van der Waals surface area contributed by atoms with Gasteiger partial charge in [0.15, 0.2) is 0 Å². The van der Waals surface area contributed by atoms with E-state index in [1.54, 1.807) is 30.3 Å². The molecule has 0 bridgehead atoms. The number of carbonyl (C=O) groups excluding carboxylic acids is 3. The van der Waals surface area contributed by atoms with Crippen LogP contribution < -0.4 is 20.7 Å². The Labute approximate surface area is 158 Å². The van der Waals surface area contributed by atoms with Crippen molar-refractivity contribution in [2.45, 2.75) is 20.8 Å². The van der Waals surface area contributed by atoms with Gasteiger partial charge < -0.3 is 20.7 Å². The molecule has 0 saturated carbocycles. The SMILES string of the molecule is CCOc1ccc(NC(=O)C(=O)NCC(=O)Nc2ccc(C)c(C)c2)cc1. The van der Waals surface area contributed by atoms with Gasteiger partial charge in [0.2, 0.25) is 5.91 Å². The highest BCUT2D eigenvalue weighted by Crippen LogP contribution is 2.15. The highest BCUT2D eigenvalue weighted by atomic mass is 16.5. The van der Waals surface area contributed by atoms with E-state index in [0.717, 1.165) is 11.1 Å². The van der Waals surface area contributed by atoms with Crippen LogP contribution in [0.4, 0.5) is 11.4 Å². The van der Waals surface area contributed by atoms with Crippen molar-refractivity contribution in [1.82, 2.24) is 5.32 Å². The Morgan fingerprint density at radius 2 is 1.52 bits per heavy atom. The van der Waals surface area contributed by atoms with E-state index >= 15 is 0 Å². The molecular formula is C20H23N3O4. The molecule has 0 atom stereocenters. The van der Waals surface area contributed by atoms with E-state index in [1.807, 2.05) is 32.9 Å². The molecule has 3 amide bonds. The summed E-state index contributed by atoms with van der Waals surface area (Å²) >= 11 is 0. The molecule has 0 heterocycles. The topological polar surface area (TPSA) is 96.5 Å². The van der Waals surface area contributed by atoms with Crippen molar-refractivity contribution in [1.29, 1.82) is 0 Å². The minimum Gasteiger partial charge on any atom is -0.494 e. The number of nitrogens with one attached hydrogen (secondary N) is 3. The minimum absolute atomic E-state index is 0.303. The fourth-order valence-electron chi connectivity index (χ4n) is 2.25. The maximum Gasteiger partial charge on any atom is 0.313 e. The highest BCUT2D eigenvalue weighted by Gasteiger charge is 2.15. The molecule has 142 valence electrons.